The highest BCUT2D eigenvalue weighted by atomic mass is 32.2. The summed E-state index contributed by atoms with van der Waals surface area (Å²) < 4.78 is 74.8. The molecule has 0 aliphatic carbocycles. The van der Waals surface area contributed by atoms with Gasteiger partial charge in [-0.05, 0) is 11.5 Å². The molecule has 0 saturated heterocycles. The highest BCUT2D eigenvalue weighted by Gasteiger charge is 2.50. The number of carbonyl (C=O) groups excluding carboxylic acids is 1. The number of halogens is 3. The van der Waals surface area contributed by atoms with Gasteiger partial charge in [-0.25, -0.2) is 4.79 Å². The van der Waals surface area contributed by atoms with Gasteiger partial charge in [-0.1, -0.05) is 24.3 Å². The summed E-state index contributed by atoms with van der Waals surface area (Å²) in [5.74, 6) is -1.76. The second-order valence-corrected chi connectivity index (χ2v) is 6.39. The zero-order valence-electron chi connectivity index (χ0n) is 12.0. The average Bonchev–Trinajstić information content (AvgIpc) is 2.82. The summed E-state index contributed by atoms with van der Waals surface area (Å²) in [5, 5.41) is 0.391. The molecule has 0 fully saturated rings. The SMILES string of the molecule is COC1OC(=O)c2c1cc1ccccc1c2OS(=O)(=O)C(F)(F)F. The molecule has 0 saturated carbocycles. The van der Waals surface area contributed by atoms with Crippen LogP contribution in [0.1, 0.15) is 22.2 Å². The Kier molecular flexibility index (Phi) is 3.68. The molecule has 0 bridgehead atoms. The summed E-state index contributed by atoms with van der Waals surface area (Å²) >= 11 is 0. The molecule has 0 spiro atoms. The van der Waals surface area contributed by atoms with Crippen molar-refractivity contribution in [3.05, 3.63) is 41.5 Å². The molecule has 1 atom stereocenters. The molecule has 3 rings (SSSR count). The van der Waals surface area contributed by atoms with E-state index in [2.05, 4.69) is 4.18 Å². The Morgan fingerprint density at radius 3 is 2.50 bits per heavy atom. The second-order valence-electron chi connectivity index (χ2n) is 4.85. The van der Waals surface area contributed by atoms with Crippen LogP contribution in [0.3, 0.4) is 0 Å². The van der Waals surface area contributed by atoms with Gasteiger partial charge in [-0.2, -0.15) is 21.6 Å². The van der Waals surface area contributed by atoms with E-state index < -0.39 is 39.2 Å². The van der Waals surface area contributed by atoms with E-state index in [0.717, 1.165) is 0 Å². The van der Waals surface area contributed by atoms with Gasteiger partial charge >= 0.3 is 21.6 Å². The lowest BCUT2D eigenvalue weighted by Crippen LogP contribution is -2.28. The minimum absolute atomic E-state index is 0.0257. The topological polar surface area (TPSA) is 78.9 Å². The number of fused-ring (bicyclic) bond motifs is 2. The van der Waals surface area contributed by atoms with Crippen molar-refractivity contribution >= 4 is 26.9 Å². The Balaban J connectivity index is 2.31. The molecule has 6 nitrogen and oxygen atoms in total. The largest absolute Gasteiger partial charge is 0.534 e. The molecular weight excluding hydrogens is 353 g/mol. The van der Waals surface area contributed by atoms with Crippen LogP contribution in [-0.2, 0) is 19.6 Å². The molecule has 1 unspecified atom stereocenters. The monoisotopic (exact) mass is 362 g/mol. The number of hydrogen-bond acceptors (Lipinski definition) is 6. The zero-order valence-corrected chi connectivity index (χ0v) is 12.8. The Labute approximate surface area is 133 Å². The van der Waals surface area contributed by atoms with E-state index in [1.165, 1.54) is 31.4 Å². The van der Waals surface area contributed by atoms with E-state index in [1.54, 1.807) is 6.07 Å². The fraction of sp³-hybridized carbons (Fsp3) is 0.214. The van der Waals surface area contributed by atoms with E-state index in [-0.39, 0.29) is 10.9 Å². The second kappa shape index (κ2) is 5.35. The molecule has 128 valence electrons. The van der Waals surface area contributed by atoms with Gasteiger partial charge in [0.15, 0.2) is 5.75 Å². The molecule has 2 aromatic carbocycles. The summed E-state index contributed by atoms with van der Waals surface area (Å²) in [7, 11) is -4.73. The molecule has 1 heterocycles. The van der Waals surface area contributed by atoms with Crippen molar-refractivity contribution in [2.45, 2.75) is 11.8 Å². The molecule has 0 N–H and O–H groups in total. The van der Waals surface area contributed by atoms with Crippen LogP contribution >= 0.6 is 0 Å². The van der Waals surface area contributed by atoms with Crippen LogP contribution in [0.5, 0.6) is 5.75 Å². The number of rotatable bonds is 3. The highest BCUT2D eigenvalue weighted by molar-refractivity contribution is 7.88. The quantitative estimate of drug-likeness (QED) is 0.475. The van der Waals surface area contributed by atoms with E-state index in [0.29, 0.717) is 5.39 Å². The van der Waals surface area contributed by atoms with E-state index in [9.17, 15) is 26.4 Å². The van der Waals surface area contributed by atoms with Gasteiger partial charge < -0.3 is 13.7 Å². The van der Waals surface area contributed by atoms with Crippen LogP contribution in [0.2, 0.25) is 0 Å². The normalized spacial score (nSPS) is 17.7. The molecule has 0 amide bonds. The van der Waals surface area contributed by atoms with Crippen molar-refractivity contribution in [1.29, 1.82) is 0 Å². The van der Waals surface area contributed by atoms with Crippen molar-refractivity contribution in [1.82, 2.24) is 0 Å². The Morgan fingerprint density at radius 2 is 1.88 bits per heavy atom. The fourth-order valence-corrected chi connectivity index (χ4v) is 2.86. The van der Waals surface area contributed by atoms with Crippen LogP contribution in [0.4, 0.5) is 13.2 Å². The van der Waals surface area contributed by atoms with E-state index >= 15 is 0 Å². The maximum absolute atomic E-state index is 12.7. The first-order valence-electron chi connectivity index (χ1n) is 6.46. The summed E-state index contributed by atoms with van der Waals surface area (Å²) in [6.45, 7) is 0. The first kappa shape index (κ1) is 16.5. The maximum atomic E-state index is 12.7. The molecule has 24 heavy (non-hydrogen) atoms. The standard InChI is InChI=1S/C14H9F3O6S/c1-21-13-9-6-7-4-2-3-5-8(7)11(10(9)12(18)22-13)23-24(19,20)14(15,16)17/h2-6,13H,1H3. The Hall–Kier alpha value is -2.33. The first-order chi connectivity index (χ1) is 11.2. The first-order valence-corrected chi connectivity index (χ1v) is 7.86. The lowest BCUT2D eigenvalue weighted by molar-refractivity contribution is -0.0815. The molecule has 0 aromatic heterocycles. The number of hydrogen-bond donors (Lipinski definition) is 0. The third-order valence-electron chi connectivity index (χ3n) is 3.39. The van der Waals surface area contributed by atoms with Crippen LogP contribution in [0.25, 0.3) is 10.8 Å². The number of carbonyl (C=O) groups is 1. The average molecular weight is 362 g/mol. The van der Waals surface area contributed by atoms with Crippen molar-refractivity contribution in [3.63, 3.8) is 0 Å². The number of benzene rings is 2. The van der Waals surface area contributed by atoms with Crippen LogP contribution in [0.15, 0.2) is 30.3 Å². The summed E-state index contributed by atoms with van der Waals surface area (Å²) in [6, 6.07) is 7.39. The summed E-state index contributed by atoms with van der Waals surface area (Å²) in [6.07, 6.45) is -1.16. The third kappa shape index (κ3) is 2.47. The zero-order chi connectivity index (χ0) is 17.7. The molecule has 2 aromatic rings. The number of esters is 1. The fourth-order valence-electron chi connectivity index (χ4n) is 2.37. The van der Waals surface area contributed by atoms with Crippen molar-refractivity contribution in [3.8, 4) is 5.75 Å². The third-order valence-corrected chi connectivity index (χ3v) is 4.35. The number of alkyl halides is 3. The van der Waals surface area contributed by atoms with Crippen molar-refractivity contribution < 1.29 is 40.0 Å². The minimum Gasteiger partial charge on any atom is -0.428 e. The number of ether oxygens (including phenoxy) is 2. The van der Waals surface area contributed by atoms with Gasteiger partial charge in [0.05, 0.1) is 0 Å². The van der Waals surface area contributed by atoms with Crippen LogP contribution < -0.4 is 4.18 Å². The molecule has 10 heteroatoms. The van der Waals surface area contributed by atoms with Gasteiger partial charge in [0.25, 0.3) is 0 Å². The summed E-state index contributed by atoms with van der Waals surface area (Å²) in [4.78, 5) is 12.0. The highest BCUT2D eigenvalue weighted by Crippen LogP contribution is 2.43. The van der Waals surface area contributed by atoms with E-state index in [4.69, 9.17) is 9.47 Å². The lowest BCUT2D eigenvalue weighted by atomic mass is 10.0. The minimum atomic E-state index is -5.96. The van der Waals surface area contributed by atoms with Gasteiger partial charge in [0.1, 0.15) is 5.56 Å². The predicted octanol–water partition coefficient (Wildman–Crippen LogP) is 2.88. The molecule has 1 aliphatic rings. The Morgan fingerprint density at radius 1 is 1.21 bits per heavy atom. The van der Waals surface area contributed by atoms with Crippen molar-refractivity contribution in [2.75, 3.05) is 7.11 Å². The van der Waals surface area contributed by atoms with Crippen LogP contribution in [0, 0.1) is 0 Å². The molecular formula is C14H9F3O6S. The van der Waals surface area contributed by atoms with Gasteiger partial charge in [0.2, 0.25) is 6.29 Å². The Bertz CT molecular complexity index is 935. The number of methoxy groups -OCH3 is 1. The van der Waals surface area contributed by atoms with E-state index in [1.807, 2.05) is 0 Å². The van der Waals surface area contributed by atoms with Crippen LogP contribution in [-0.4, -0.2) is 27.0 Å². The predicted molar refractivity (Wildman–Crippen MR) is 74.7 cm³/mol. The molecule has 1 aliphatic heterocycles. The van der Waals surface area contributed by atoms with Gasteiger partial charge in [0, 0.05) is 18.1 Å². The maximum Gasteiger partial charge on any atom is 0.534 e. The van der Waals surface area contributed by atoms with Crippen molar-refractivity contribution in [2.24, 2.45) is 0 Å². The lowest BCUT2D eigenvalue weighted by Gasteiger charge is -2.14. The smallest absolute Gasteiger partial charge is 0.428 e. The number of cyclic esters (lactones) is 1. The molecule has 0 radical (unpaired) electrons. The summed E-state index contributed by atoms with van der Waals surface area (Å²) in [5.41, 5.74) is -5.96. The van der Waals surface area contributed by atoms with Gasteiger partial charge in [-0.15, -0.1) is 0 Å². The van der Waals surface area contributed by atoms with Gasteiger partial charge in [-0.3, -0.25) is 0 Å².